The molecule has 1 heterocycles. The lowest BCUT2D eigenvalue weighted by Gasteiger charge is -2.22. The highest BCUT2D eigenvalue weighted by Crippen LogP contribution is 2.30. The molecule has 1 aliphatic heterocycles. The standard InChI is InChI=1S/C22H43N/c1-5-7-8-9-10-11-12-14-21(6-2)19-20(3)22-15-13-17-23(4)18-16-22/h21-22H,3,5-19H2,1-2,4H3. The van der Waals surface area contributed by atoms with Crippen LogP contribution in [0.5, 0.6) is 0 Å². The van der Waals surface area contributed by atoms with E-state index in [-0.39, 0.29) is 0 Å². The maximum absolute atomic E-state index is 4.49. The summed E-state index contributed by atoms with van der Waals surface area (Å²) in [5.41, 5.74) is 1.56. The molecule has 0 spiro atoms. The fourth-order valence-electron chi connectivity index (χ4n) is 4.03. The summed E-state index contributed by atoms with van der Waals surface area (Å²) in [7, 11) is 2.26. The van der Waals surface area contributed by atoms with E-state index < -0.39 is 0 Å². The third-order valence-electron chi connectivity index (χ3n) is 5.87. The lowest BCUT2D eigenvalue weighted by Crippen LogP contribution is -2.19. The molecule has 1 heteroatoms. The molecule has 1 nitrogen and oxygen atoms in total. The molecule has 2 atom stereocenters. The average Bonchev–Trinajstić information content (AvgIpc) is 2.77. The second-order valence-electron chi connectivity index (χ2n) is 7.98. The van der Waals surface area contributed by atoms with Crippen LogP contribution in [0.15, 0.2) is 12.2 Å². The van der Waals surface area contributed by atoms with Gasteiger partial charge in [0, 0.05) is 0 Å². The van der Waals surface area contributed by atoms with Gasteiger partial charge in [0.25, 0.3) is 0 Å². The molecule has 23 heavy (non-hydrogen) atoms. The van der Waals surface area contributed by atoms with Crippen LogP contribution in [-0.2, 0) is 0 Å². The van der Waals surface area contributed by atoms with Gasteiger partial charge < -0.3 is 4.90 Å². The van der Waals surface area contributed by atoms with E-state index in [1.807, 2.05) is 0 Å². The summed E-state index contributed by atoms with van der Waals surface area (Å²) in [4.78, 5) is 2.49. The van der Waals surface area contributed by atoms with E-state index >= 15 is 0 Å². The molecule has 1 saturated heterocycles. The monoisotopic (exact) mass is 321 g/mol. The first-order valence-electron chi connectivity index (χ1n) is 10.5. The van der Waals surface area contributed by atoms with E-state index in [0.717, 1.165) is 11.8 Å². The Morgan fingerprint density at radius 1 is 1.00 bits per heavy atom. The summed E-state index contributed by atoms with van der Waals surface area (Å²) >= 11 is 0. The van der Waals surface area contributed by atoms with Gasteiger partial charge in [-0.05, 0) is 57.7 Å². The van der Waals surface area contributed by atoms with Crippen molar-refractivity contribution in [2.45, 2.75) is 97.3 Å². The molecular weight excluding hydrogens is 278 g/mol. The lowest BCUT2D eigenvalue weighted by molar-refractivity contribution is 0.343. The first-order valence-corrected chi connectivity index (χ1v) is 10.5. The molecule has 0 radical (unpaired) electrons. The molecule has 0 amide bonds. The third-order valence-corrected chi connectivity index (χ3v) is 5.87. The summed E-state index contributed by atoms with van der Waals surface area (Å²) in [6.45, 7) is 11.7. The van der Waals surface area contributed by atoms with Crippen LogP contribution in [-0.4, -0.2) is 25.0 Å². The predicted octanol–water partition coefficient (Wildman–Crippen LogP) is 6.83. The van der Waals surface area contributed by atoms with Crippen molar-refractivity contribution in [2.75, 3.05) is 20.1 Å². The molecule has 0 N–H and O–H groups in total. The van der Waals surface area contributed by atoms with Crippen LogP contribution in [0.4, 0.5) is 0 Å². The van der Waals surface area contributed by atoms with E-state index in [1.165, 1.54) is 96.6 Å². The van der Waals surface area contributed by atoms with Crippen molar-refractivity contribution in [3.63, 3.8) is 0 Å². The highest BCUT2D eigenvalue weighted by molar-refractivity contribution is 5.02. The highest BCUT2D eigenvalue weighted by atomic mass is 15.1. The highest BCUT2D eigenvalue weighted by Gasteiger charge is 2.19. The quantitative estimate of drug-likeness (QED) is 0.281. The maximum Gasteiger partial charge on any atom is -0.00161 e. The Labute approximate surface area is 146 Å². The Kier molecular flexibility index (Phi) is 11.8. The van der Waals surface area contributed by atoms with Crippen molar-refractivity contribution in [1.82, 2.24) is 4.90 Å². The smallest absolute Gasteiger partial charge is 0.00161 e. The number of hydrogen-bond donors (Lipinski definition) is 0. The third kappa shape index (κ3) is 9.55. The number of allylic oxidation sites excluding steroid dienone is 1. The Balaban J connectivity index is 2.17. The Morgan fingerprint density at radius 2 is 1.70 bits per heavy atom. The van der Waals surface area contributed by atoms with Crippen LogP contribution >= 0.6 is 0 Å². The minimum atomic E-state index is 0.794. The van der Waals surface area contributed by atoms with Crippen molar-refractivity contribution in [3.05, 3.63) is 12.2 Å². The van der Waals surface area contributed by atoms with Crippen LogP contribution < -0.4 is 0 Å². The number of rotatable bonds is 12. The zero-order valence-electron chi connectivity index (χ0n) is 16.4. The van der Waals surface area contributed by atoms with Gasteiger partial charge in [0.2, 0.25) is 0 Å². The van der Waals surface area contributed by atoms with Crippen molar-refractivity contribution in [3.8, 4) is 0 Å². The van der Waals surface area contributed by atoms with Crippen LogP contribution in [0.25, 0.3) is 0 Å². The van der Waals surface area contributed by atoms with Crippen LogP contribution in [0, 0.1) is 11.8 Å². The zero-order valence-corrected chi connectivity index (χ0v) is 16.4. The Bertz CT molecular complexity index is 296. The first-order chi connectivity index (χ1) is 11.2. The van der Waals surface area contributed by atoms with Gasteiger partial charge in [-0.3, -0.25) is 0 Å². The summed E-state index contributed by atoms with van der Waals surface area (Å²) in [6.07, 6.45) is 18.1. The minimum absolute atomic E-state index is 0.794. The van der Waals surface area contributed by atoms with Crippen LogP contribution in [0.3, 0.4) is 0 Å². The molecule has 1 fully saturated rings. The lowest BCUT2D eigenvalue weighted by atomic mass is 9.84. The van der Waals surface area contributed by atoms with Crippen LogP contribution in [0.1, 0.15) is 97.3 Å². The van der Waals surface area contributed by atoms with Crippen molar-refractivity contribution < 1.29 is 0 Å². The second-order valence-corrected chi connectivity index (χ2v) is 7.98. The molecule has 0 saturated carbocycles. The van der Waals surface area contributed by atoms with E-state index in [0.29, 0.717) is 0 Å². The largest absolute Gasteiger partial charge is 0.306 e. The molecule has 1 aliphatic rings. The van der Waals surface area contributed by atoms with Crippen LogP contribution in [0.2, 0.25) is 0 Å². The topological polar surface area (TPSA) is 3.24 Å². The van der Waals surface area contributed by atoms with Gasteiger partial charge in [0.1, 0.15) is 0 Å². The van der Waals surface area contributed by atoms with E-state index in [1.54, 1.807) is 5.57 Å². The summed E-state index contributed by atoms with van der Waals surface area (Å²) in [6, 6.07) is 0. The Hall–Kier alpha value is -0.300. The average molecular weight is 322 g/mol. The molecule has 2 unspecified atom stereocenters. The zero-order chi connectivity index (χ0) is 16.9. The SMILES string of the molecule is C=C(CC(CC)CCCCCCCCC)C1CCCN(C)CC1. The van der Waals surface area contributed by atoms with Gasteiger partial charge in [-0.2, -0.15) is 0 Å². The van der Waals surface area contributed by atoms with E-state index in [4.69, 9.17) is 0 Å². The molecule has 0 aromatic rings. The van der Waals surface area contributed by atoms with Gasteiger partial charge in [-0.1, -0.05) is 83.8 Å². The molecule has 1 rings (SSSR count). The Morgan fingerprint density at radius 3 is 2.39 bits per heavy atom. The summed E-state index contributed by atoms with van der Waals surface area (Å²) in [5, 5.41) is 0. The summed E-state index contributed by atoms with van der Waals surface area (Å²) in [5.74, 6) is 1.68. The van der Waals surface area contributed by atoms with Crippen molar-refractivity contribution in [1.29, 1.82) is 0 Å². The number of nitrogens with zero attached hydrogens (tertiary/aromatic N) is 1. The molecule has 0 aliphatic carbocycles. The molecule has 0 aromatic heterocycles. The van der Waals surface area contributed by atoms with Crippen molar-refractivity contribution >= 4 is 0 Å². The number of hydrogen-bond acceptors (Lipinski definition) is 1. The van der Waals surface area contributed by atoms with Gasteiger partial charge >= 0.3 is 0 Å². The summed E-state index contributed by atoms with van der Waals surface area (Å²) < 4.78 is 0. The second kappa shape index (κ2) is 13.0. The molecule has 136 valence electrons. The minimum Gasteiger partial charge on any atom is -0.306 e. The van der Waals surface area contributed by atoms with E-state index in [9.17, 15) is 0 Å². The van der Waals surface area contributed by atoms with Gasteiger partial charge in [-0.25, -0.2) is 0 Å². The molecule has 0 aromatic carbocycles. The first kappa shape index (κ1) is 20.7. The molecular formula is C22H43N. The van der Waals surface area contributed by atoms with Gasteiger partial charge in [0.15, 0.2) is 0 Å². The predicted molar refractivity (Wildman–Crippen MR) is 105 cm³/mol. The fourth-order valence-corrected chi connectivity index (χ4v) is 4.03. The molecule has 0 bridgehead atoms. The van der Waals surface area contributed by atoms with Gasteiger partial charge in [0.05, 0.1) is 0 Å². The normalized spacial score (nSPS) is 21.1. The maximum atomic E-state index is 4.49. The van der Waals surface area contributed by atoms with Crippen molar-refractivity contribution in [2.24, 2.45) is 11.8 Å². The van der Waals surface area contributed by atoms with Gasteiger partial charge in [-0.15, -0.1) is 0 Å². The number of likely N-dealkylation sites (tertiary alicyclic amines) is 1. The number of unbranched alkanes of at least 4 members (excludes halogenated alkanes) is 6. The fraction of sp³-hybridized carbons (Fsp3) is 0.909. The van der Waals surface area contributed by atoms with E-state index in [2.05, 4.69) is 32.4 Å².